The predicted molar refractivity (Wildman–Crippen MR) is 201 cm³/mol. The van der Waals surface area contributed by atoms with Crippen LogP contribution in [0.25, 0.3) is 6.08 Å². The fraction of sp³-hybridized carbons (Fsp3) is 0.326. The van der Waals surface area contributed by atoms with Crippen LogP contribution in [0.2, 0.25) is 0 Å². The molecule has 0 aromatic heterocycles. The Kier molecular flexibility index (Phi) is 10.7. The van der Waals surface area contributed by atoms with Crippen molar-refractivity contribution in [1.82, 2.24) is 15.7 Å². The highest BCUT2D eigenvalue weighted by Gasteiger charge is 2.76. The van der Waals surface area contributed by atoms with Gasteiger partial charge in [-0.2, -0.15) is 5.06 Å². The van der Waals surface area contributed by atoms with Crippen LogP contribution >= 0.6 is 0 Å². The van der Waals surface area contributed by atoms with Gasteiger partial charge in [-0.3, -0.25) is 19.2 Å². The Morgan fingerprint density at radius 2 is 1.57 bits per heavy atom. The maximum atomic E-state index is 15.0. The highest BCUT2D eigenvalue weighted by Crippen LogP contribution is 2.59. The van der Waals surface area contributed by atoms with Crippen molar-refractivity contribution in [3.63, 3.8) is 0 Å². The molecule has 2 bridgehead atoms. The number of hydrogen-bond acceptors (Lipinski definition) is 11. The van der Waals surface area contributed by atoms with Crippen molar-refractivity contribution >= 4 is 23.9 Å². The molecule has 4 aromatic rings. The van der Waals surface area contributed by atoms with Gasteiger partial charge in [-0.05, 0) is 34.9 Å². The number of rotatable bonds is 14. The summed E-state index contributed by atoms with van der Waals surface area (Å²) in [4.78, 5) is 48.7. The number of esters is 1. The molecule has 290 valence electrons. The van der Waals surface area contributed by atoms with Crippen molar-refractivity contribution in [3.05, 3.63) is 149 Å². The minimum absolute atomic E-state index is 0.0613. The molecule has 8 rings (SSSR count). The minimum atomic E-state index is -1.46. The van der Waals surface area contributed by atoms with Crippen LogP contribution in [-0.4, -0.2) is 89.9 Å². The third-order valence-electron chi connectivity index (χ3n) is 10.9. The van der Waals surface area contributed by atoms with E-state index in [0.29, 0.717) is 11.1 Å². The number of fused-ring (bicyclic) bond motifs is 4. The van der Waals surface area contributed by atoms with Crippen LogP contribution in [0.5, 0.6) is 0 Å². The molecule has 1 saturated carbocycles. The van der Waals surface area contributed by atoms with Crippen molar-refractivity contribution in [1.29, 1.82) is 0 Å². The number of ether oxygens (including phenoxy) is 4. The summed E-state index contributed by atoms with van der Waals surface area (Å²) in [6, 6.07) is 32.3. The van der Waals surface area contributed by atoms with E-state index < -0.39 is 53.5 Å². The summed E-state index contributed by atoms with van der Waals surface area (Å²) in [7, 11) is 0. The lowest BCUT2D eigenvalue weighted by atomic mass is 9.62. The van der Waals surface area contributed by atoms with Crippen LogP contribution in [0, 0.1) is 5.41 Å². The maximum Gasteiger partial charge on any atom is 0.327 e. The maximum absolute atomic E-state index is 15.0. The van der Waals surface area contributed by atoms with E-state index in [1.165, 1.54) is 11.3 Å². The second-order valence-corrected chi connectivity index (χ2v) is 14.2. The number of carbonyl (C=O) groups is 3. The summed E-state index contributed by atoms with van der Waals surface area (Å²) < 4.78 is 25.6. The lowest BCUT2D eigenvalue weighted by molar-refractivity contribution is -0.213. The first-order valence-electron chi connectivity index (χ1n) is 18.7. The van der Waals surface area contributed by atoms with Gasteiger partial charge in [0.1, 0.15) is 36.4 Å². The monoisotopic (exact) mass is 761 g/mol. The molecule has 6 atom stereocenters. The molecule has 0 spiro atoms. The zero-order valence-corrected chi connectivity index (χ0v) is 30.5. The smallest absolute Gasteiger partial charge is 0.327 e. The lowest BCUT2D eigenvalue weighted by Crippen LogP contribution is -2.69. The molecule has 0 radical (unpaired) electrons. The molecule has 2 amide bonds. The number of nitrogens with zero attached hydrogens (tertiary/aromatic N) is 1. The van der Waals surface area contributed by atoms with Crippen LogP contribution in [0.4, 0.5) is 0 Å². The Bertz CT molecular complexity index is 2040. The SMILES string of the molecule is O=C(NCCO)c1cccc(CNC(=O)[C@@]23C[C@H]4OC(=O)[C@@H]2N(Cc2ccccc2C=COCCO)O[C@@H]3[C@H]2OC(c3ccccc3)(c3ccccc3)O[C@H]24)c1. The van der Waals surface area contributed by atoms with Crippen LogP contribution in [0.15, 0.2) is 115 Å². The highest BCUT2D eigenvalue weighted by atomic mass is 16.8. The standard InChI is InChI=1S/C43H43N3O10/c47-20-19-44-39(49)30-13-9-10-28(24-30)26-45-41(51)42-25-34-35-36(55-43(54-35,32-14-3-1-4-15-32)33-16-5-2-6-17-33)38(42)56-46(37(42)40(50)53-34)27-31-12-8-7-11-29(31)18-22-52-23-21-48/h1-18,22,24,34-38,47-48H,19-21,23,25-27H2,(H,44,49)(H,45,51)/t34-,35+,36+,37+,38-,42+/m1/s1. The Balaban J connectivity index is 1.16. The molecule has 56 heavy (non-hydrogen) atoms. The molecule has 1 aliphatic carbocycles. The third kappa shape index (κ3) is 6.76. The van der Waals surface area contributed by atoms with Gasteiger partial charge in [0.25, 0.3) is 5.91 Å². The van der Waals surface area contributed by atoms with Crippen LogP contribution in [-0.2, 0) is 52.3 Å². The highest BCUT2D eigenvalue weighted by molar-refractivity contribution is 5.95. The molecule has 4 aromatic carbocycles. The topological polar surface area (TPSA) is 165 Å². The van der Waals surface area contributed by atoms with Gasteiger partial charge in [0, 0.05) is 36.2 Å². The number of benzene rings is 4. The molecule has 4 fully saturated rings. The molecule has 3 aliphatic heterocycles. The van der Waals surface area contributed by atoms with Crippen molar-refractivity contribution < 1.29 is 48.4 Å². The van der Waals surface area contributed by atoms with Gasteiger partial charge < -0.3 is 39.8 Å². The summed E-state index contributed by atoms with van der Waals surface area (Å²) in [5.41, 5.74) is 2.63. The number of amides is 2. The van der Waals surface area contributed by atoms with Crippen molar-refractivity contribution in [3.8, 4) is 0 Å². The first-order valence-corrected chi connectivity index (χ1v) is 18.7. The summed E-state index contributed by atoms with van der Waals surface area (Å²) in [5.74, 6) is -2.77. The molecule has 13 nitrogen and oxygen atoms in total. The number of aliphatic hydroxyl groups is 2. The largest absolute Gasteiger partial charge is 0.499 e. The van der Waals surface area contributed by atoms with E-state index in [1.807, 2.05) is 84.9 Å². The molecule has 3 saturated heterocycles. The van der Waals surface area contributed by atoms with E-state index in [0.717, 1.165) is 22.3 Å². The molecule has 4 aliphatic rings. The van der Waals surface area contributed by atoms with Gasteiger partial charge in [0.15, 0.2) is 6.04 Å². The summed E-state index contributed by atoms with van der Waals surface area (Å²) in [5, 5.41) is 25.6. The van der Waals surface area contributed by atoms with E-state index in [1.54, 1.807) is 30.3 Å². The molecule has 3 heterocycles. The Labute approximate surface area is 323 Å². The number of hydrogen-bond donors (Lipinski definition) is 4. The Hall–Kier alpha value is -5.41. The van der Waals surface area contributed by atoms with E-state index in [4.69, 9.17) is 34.0 Å². The predicted octanol–water partition coefficient (Wildman–Crippen LogP) is 3.19. The van der Waals surface area contributed by atoms with E-state index in [2.05, 4.69) is 10.6 Å². The van der Waals surface area contributed by atoms with Crippen LogP contribution in [0.1, 0.15) is 44.6 Å². The van der Waals surface area contributed by atoms with E-state index in [-0.39, 0.29) is 51.8 Å². The number of hydroxylamine groups is 2. The summed E-state index contributed by atoms with van der Waals surface area (Å²) in [6.45, 7) is 0.111. The van der Waals surface area contributed by atoms with Gasteiger partial charge in [-0.15, -0.1) is 0 Å². The average molecular weight is 762 g/mol. The van der Waals surface area contributed by atoms with Gasteiger partial charge in [0.05, 0.1) is 26.0 Å². The zero-order valence-electron chi connectivity index (χ0n) is 30.5. The minimum Gasteiger partial charge on any atom is -0.499 e. The normalized spacial score (nSPS) is 26.0. The molecule has 4 N–H and O–H groups in total. The Morgan fingerprint density at radius 1 is 0.857 bits per heavy atom. The number of aliphatic hydroxyl groups excluding tert-OH is 2. The van der Waals surface area contributed by atoms with Crippen LogP contribution < -0.4 is 10.6 Å². The summed E-state index contributed by atoms with van der Waals surface area (Å²) in [6.07, 6.45) is -0.0493. The first kappa shape index (κ1) is 37.5. The van der Waals surface area contributed by atoms with Crippen LogP contribution in [0.3, 0.4) is 0 Å². The molecule has 0 unspecified atom stereocenters. The van der Waals surface area contributed by atoms with Gasteiger partial charge in [-0.25, -0.2) is 0 Å². The van der Waals surface area contributed by atoms with Crippen molar-refractivity contribution in [2.24, 2.45) is 5.41 Å². The second-order valence-electron chi connectivity index (χ2n) is 14.2. The van der Waals surface area contributed by atoms with Gasteiger partial charge >= 0.3 is 5.97 Å². The molecular weight excluding hydrogens is 718 g/mol. The van der Waals surface area contributed by atoms with Crippen molar-refractivity contribution in [2.75, 3.05) is 26.4 Å². The lowest BCUT2D eigenvalue weighted by Gasteiger charge is -2.48. The Morgan fingerprint density at radius 3 is 2.30 bits per heavy atom. The molecule has 13 heteroatoms. The van der Waals surface area contributed by atoms with Gasteiger partial charge in [0.2, 0.25) is 11.7 Å². The summed E-state index contributed by atoms with van der Waals surface area (Å²) >= 11 is 0. The van der Waals surface area contributed by atoms with Gasteiger partial charge in [-0.1, -0.05) is 97.1 Å². The van der Waals surface area contributed by atoms with E-state index >= 15 is 0 Å². The van der Waals surface area contributed by atoms with E-state index in [9.17, 15) is 14.4 Å². The number of nitrogens with one attached hydrogen (secondary N) is 2. The fourth-order valence-electron chi connectivity index (χ4n) is 8.38. The average Bonchev–Trinajstić information content (AvgIpc) is 3.82. The first-order chi connectivity index (χ1) is 27.4. The van der Waals surface area contributed by atoms with Crippen molar-refractivity contribution in [2.45, 2.75) is 55.8 Å². The zero-order chi connectivity index (χ0) is 38.7. The number of carbonyl (C=O) groups excluding carboxylic acids is 3. The quantitative estimate of drug-likeness (QED) is 0.0848. The fourth-order valence-corrected chi connectivity index (χ4v) is 8.38. The third-order valence-corrected chi connectivity index (χ3v) is 10.9. The second kappa shape index (κ2) is 16.0. The molecular formula is C43H43N3O10.